The van der Waals surface area contributed by atoms with Gasteiger partial charge >= 0.3 is 11.9 Å². The molecule has 2 N–H and O–H groups in total. The van der Waals surface area contributed by atoms with E-state index in [4.69, 9.17) is 5.11 Å². The van der Waals surface area contributed by atoms with Gasteiger partial charge in [-0.1, -0.05) is 6.42 Å². The van der Waals surface area contributed by atoms with Crippen LogP contribution in [0.1, 0.15) is 32.1 Å². The van der Waals surface area contributed by atoms with Crippen LogP contribution in [0.3, 0.4) is 0 Å². The third-order valence-electron chi connectivity index (χ3n) is 3.87. The number of carboxylic acid groups (broad SMARTS) is 2. The molecule has 0 spiro atoms. The van der Waals surface area contributed by atoms with Gasteiger partial charge in [0.05, 0.1) is 11.8 Å². The molecule has 2 fully saturated rings. The summed E-state index contributed by atoms with van der Waals surface area (Å²) in [6.45, 7) is 0. The van der Waals surface area contributed by atoms with E-state index in [-0.39, 0.29) is 12.3 Å². The van der Waals surface area contributed by atoms with E-state index >= 15 is 0 Å². The number of aliphatic carboxylic acids is 2. The zero-order valence-electron chi connectivity index (χ0n) is 7.90. The number of carbonyl (C=O) groups is 2. The lowest BCUT2D eigenvalue weighted by Gasteiger charge is -2.31. The molecule has 4 nitrogen and oxygen atoms in total. The van der Waals surface area contributed by atoms with Crippen molar-refractivity contribution in [3.8, 4) is 0 Å². The van der Waals surface area contributed by atoms with Crippen LogP contribution in [0.15, 0.2) is 0 Å². The fourth-order valence-electron chi connectivity index (χ4n) is 3.27. The second kappa shape index (κ2) is 2.97. The molecule has 14 heavy (non-hydrogen) atoms. The molecule has 0 aromatic heterocycles. The van der Waals surface area contributed by atoms with Crippen molar-refractivity contribution in [1.29, 1.82) is 0 Å². The first-order chi connectivity index (χ1) is 6.54. The maximum atomic E-state index is 11.2. The van der Waals surface area contributed by atoms with E-state index in [1.807, 2.05) is 0 Å². The van der Waals surface area contributed by atoms with Gasteiger partial charge in [0.1, 0.15) is 0 Å². The van der Waals surface area contributed by atoms with Gasteiger partial charge in [-0.2, -0.15) is 0 Å². The zero-order valence-corrected chi connectivity index (χ0v) is 7.90. The maximum Gasteiger partial charge on any atom is 0.310 e. The van der Waals surface area contributed by atoms with Crippen molar-refractivity contribution >= 4 is 11.9 Å². The van der Waals surface area contributed by atoms with Crippen LogP contribution in [-0.2, 0) is 9.59 Å². The molecule has 0 aliphatic heterocycles. The second-order valence-corrected chi connectivity index (χ2v) is 4.61. The van der Waals surface area contributed by atoms with Gasteiger partial charge in [0.15, 0.2) is 0 Å². The highest BCUT2D eigenvalue weighted by Gasteiger charge is 2.56. The van der Waals surface area contributed by atoms with Crippen LogP contribution in [0.25, 0.3) is 0 Å². The standard InChI is InChI=1S/C10H14O4/c11-8(12)5-10(9(13)14)4-6-1-2-7(10)3-6/h6-7H,1-5H2,(H,11,12)(H,13,14)/t6-,7-,10+/m1/s1. The number of carboxylic acids is 2. The van der Waals surface area contributed by atoms with E-state index in [0.717, 1.165) is 19.3 Å². The molecular formula is C10H14O4. The molecule has 4 heteroatoms. The van der Waals surface area contributed by atoms with Crippen molar-refractivity contribution in [1.82, 2.24) is 0 Å². The summed E-state index contributed by atoms with van der Waals surface area (Å²) in [6.07, 6.45) is 3.26. The van der Waals surface area contributed by atoms with Crippen molar-refractivity contribution in [3.05, 3.63) is 0 Å². The number of hydrogen-bond donors (Lipinski definition) is 2. The molecule has 0 saturated heterocycles. The summed E-state index contributed by atoms with van der Waals surface area (Å²) in [5.74, 6) is -1.34. The molecule has 0 heterocycles. The zero-order chi connectivity index (χ0) is 10.3. The summed E-state index contributed by atoms with van der Waals surface area (Å²) in [5, 5.41) is 17.9. The molecule has 78 valence electrons. The average Bonchev–Trinajstić information content (AvgIpc) is 2.61. The average molecular weight is 198 g/mol. The van der Waals surface area contributed by atoms with Crippen LogP contribution < -0.4 is 0 Å². The number of hydrogen-bond acceptors (Lipinski definition) is 2. The summed E-state index contributed by atoms with van der Waals surface area (Å²) in [7, 11) is 0. The molecule has 2 bridgehead atoms. The minimum atomic E-state index is -0.986. The normalized spacial score (nSPS) is 40.0. The lowest BCUT2D eigenvalue weighted by atomic mass is 9.71. The van der Waals surface area contributed by atoms with Crippen LogP contribution in [-0.4, -0.2) is 22.2 Å². The molecule has 2 aliphatic carbocycles. The van der Waals surface area contributed by atoms with E-state index in [9.17, 15) is 14.7 Å². The van der Waals surface area contributed by atoms with E-state index in [1.165, 1.54) is 0 Å². The van der Waals surface area contributed by atoms with Gasteiger partial charge in [0.2, 0.25) is 0 Å². The van der Waals surface area contributed by atoms with Crippen molar-refractivity contribution in [3.63, 3.8) is 0 Å². The lowest BCUT2D eigenvalue weighted by Crippen LogP contribution is -2.38. The minimum Gasteiger partial charge on any atom is -0.481 e. The van der Waals surface area contributed by atoms with E-state index in [1.54, 1.807) is 0 Å². The van der Waals surface area contributed by atoms with E-state index < -0.39 is 17.4 Å². The van der Waals surface area contributed by atoms with E-state index in [0.29, 0.717) is 12.3 Å². The summed E-state index contributed by atoms with van der Waals surface area (Å²) in [4.78, 5) is 21.9. The van der Waals surface area contributed by atoms with E-state index in [2.05, 4.69) is 0 Å². The van der Waals surface area contributed by atoms with Crippen molar-refractivity contribution in [2.45, 2.75) is 32.1 Å². The van der Waals surface area contributed by atoms with Gasteiger partial charge in [0, 0.05) is 0 Å². The largest absolute Gasteiger partial charge is 0.481 e. The van der Waals surface area contributed by atoms with Crippen molar-refractivity contribution in [2.75, 3.05) is 0 Å². The van der Waals surface area contributed by atoms with Gasteiger partial charge in [-0.05, 0) is 31.1 Å². The van der Waals surface area contributed by atoms with Crippen molar-refractivity contribution in [2.24, 2.45) is 17.3 Å². The topological polar surface area (TPSA) is 74.6 Å². The molecule has 0 unspecified atom stereocenters. The Bertz CT molecular complexity index is 286. The SMILES string of the molecule is O=C(O)C[C@@]1(C(=O)O)C[C@@H]2CC[C@@H]1C2. The Morgan fingerprint density at radius 2 is 2.00 bits per heavy atom. The summed E-state index contributed by atoms with van der Waals surface area (Å²) in [5.41, 5.74) is -0.950. The molecule has 0 amide bonds. The maximum absolute atomic E-state index is 11.2. The minimum absolute atomic E-state index is 0.0982. The Balaban J connectivity index is 2.24. The molecule has 3 atom stereocenters. The summed E-state index contributed by atoms with van der Waals surface area (Å²) >= 11 is 0. The summed E-state index contributed by atoms with van der Waals surface area (Å²) < 4.78 is 0. The molecule has 0 radical (unpaired) electrons. The molecule has 2 aliphatic rings. The van der Waals surface area contributed by atoms with Gasteiger partial charge < -0.3 is 10.2 Å². The molecule has 0 aromatic carbocycles. The Kier molecular flexibility index (Phi) is 2.01. The Labute approximate surface area is 81.9 Å². The van der Waals surface area contributed by atoms with Crippen molar-refractivity contribution < 1.29 is 19.8 Å². The summed E-state index contributed by atoms with van der Waals surface area (Å²) in [6, 6.07) is 0. The first-order valence-electron chi connectivity index (χ1n) is 5.00. The first-order valence-corrected chi connectivity index (χ1v) is 5.00. The number of fused-ring (bicyclic) bond motifs is 2. The highest BCUT2D eigenvalue weighted by atomic mass is 16.4. The van der Waals surface area contributed by atoms with Crippen LogP contribution in [0.4, 0.5) is 0 Å². The third-order valence-corrected chi connectivity index (χ3v) is 3.87. The monoisotopic (exact) mass is 198 g/mol. The van der Waals surface area contributed by atoms with Gasteiger partial charge in [-0.15, -0.1) is 0 Å². The van der Waals surface area contributed by atoms with Gasteiger partial charge in [-0.25, -0.2) is 0 Å². The fourth-order valence-corrected chi connectivity index (χ4v) is 3.27. The van der Waals surface area contributed by atoms with Gasteiger partial charge in [-0.3, -0.25) is 9.59 Å². The second-order valence-electron chi connectivity index (χ2n) is 4.61. The highest BCUT2D eigenvalue weighted by molar-refractivity contribution is 5.82. The number of rotatable bonds is 3. The predicted octanol–water partition coefficient (Wildman–Crippen LogP) is 1.35. The fraction of sp³-hybridized carbons (Fsp3) is 0.800. The smallest absolute Gasteiger partial charge is 0.310 e. The third kappa shape index (κ3) is 1.21. The Morgan fingerprint density at radius 3 is 2.36 bits per heavy atom. The Hall–Kier alpha value is -1.06. The van der Waals surface area contributed by atoms with Crippen LogP contribution in [0.5, 0.6) is 0 Å². The molecule has 0 aromatic rings. The molecule has 2 saturated carbocycles. The van der Waals surface area contributed by atoms with Crippen LogP contribution >= 0.6 is 0 Å². The molecular weight excluding hydrogens is 184 g/mol. The van der Waals surface area contributed by atoms with Crippen LogP contribution in [0.2, 0.25) is 0 Å². The predicted molar refractivity (Wildman–Crippen MR) is 47.8 cm³/mol. The Morgan fingerprint density at radius 1 is 1.29 bits per heavy atom. The lowest BCUT2D eigenvalue weighted by molar-refractivity contribution is -0.159. The van der Waals surface area contributed by atoms with Gasteiger partial charge in [0.25, 0.3) is 0 Å². The van der Waals surface area contributed by atoms with Crippen LogP contribution in [0, 0.1) is 17.3 Å². The molecule has 2 rings (SSSR count). The highest BCUT2D eigenvalue weighted by Crippen LogP contribution is 2.57. The first kappa shape index (κ1) is 9.49. The quantitative estimate of drug-likeness (QED) is 0.717.